The van der Waals surface area contributed by atoms with Crippen molar-refractivity contribution in [2.45, 2.75) is 6.42 Å². The first kappa shape index (κ1) is 12.3. The molecule has 92 valence electrons. The Kier molecular flexibility index (Phi) is 4.04. The summed E-state index contributed by atoms with van der Waals surface area (Å²) in [5, 5.41) is 11.6. The molecule has 0 saturated heterocycles. The molecule has 2 N–H and O–H groups in total. The molecule has 0 fully saturated rings. The third-order valence-corrected chi connectivity index (χ3v) is 2.55. The van der Waals surface area contributed by atoms with Gasteiger partial charge in [-0.15, -0.1) is 0 Å². The third-order valence-electron chi connectivity index (χ3n) is 2.55. The number of nitrogens with one attached hydrogen (secondary N) is 1. The number of nitrogens with zero attached hydrogens (tertiary/aromatic N) is 1. The summed E-state index contributed by atoms with van der Waals surface area (Å²) in [4.78, 5) is 15.8. The van der Waals surface area contributed by atoms with Crippen LogP contribution >= 0.6 is 0 Å². The van der Waals surface area contributed by atoms with E-state index in [1.165, 1.54) is 0 Å². The van der Waals surface area contributed by atoms with Crippen LogP contribution in [0.2, 0.25) is 0 Å². The molecule has 0 spiro atoms. The second kappa shape index (κ2) is 5.93. The molecule has 0 atom stereocenters. The van der Waals surface area contributed by atoms with Crippen LogP contribution in [0, 0.1) is 0 Å². The first-order valence-electron chi connectivity index (χ1n) is 5.71. The molecule has 4 nitrogen and oxygen atoms in total. The molecule has 0 aliphatic rings. The maximum atomic E-state index is 11.9. The van der Waals surface area contributed by atoms with Gasteiger partial charge in [-0.3, -0.25) is 9.78 Å². The van der Waals surface area contributed by atoms with Gasteiger partial charge < -0.3 is 10.4 Å². The summed E-state index contributed by atoms with van der Waals surface area (Å²) in [5.41, 5.74) is 2.32. The third kappa shape index (κ3) is 3.15. The van der Waals surface area contributed by atoms with Crippen LogP contribution in [-0.2, 0) is 6.42 Å². The van der Waals surface area contributed by atoms with Gasteiger partial charge >= 0.3 is 0 Å². The molecular formula is C14H14N2O2. The Bertz CT molecular complexity index is 509. The summed E-state index contributed by atoms with van der Waals surface area (Å²) in [6.07, 6.45) is 3.85. The molecule has 1 heterocycles. The van der Waals surface area contributed by atoms with Crippen molar-refractivity contribution >= 4 is 11.6 Å². The normalized spacial score (nSPS) is 10.1. The SMILES string of the molecule is O=C(Nc1ccncc1)c1ccc(CCO)cc1. The van der Waals surface area contributed by atoms with Gasteiger partial charge in [-0.25, -0.2) is 0 Å². The second-order valence-corrected chi connectivity index (χ2v) is 3.86. The van der Waals surface area contributed by atoms with Gasteiger partial charge in [0.25, 0.3) is 5.91 Å². The number of aliphatic hydroxyl groups is 1. The lowest BCUT2D eigenvalue weighted by Gasteiger charge is -2.05. The van der Waals surface area contributed by atoms with E-state index in [0.717, 1.165) is 11.3 Å². The van der Waals surface area contributed by atoms with Crippen molar-refractivity contribution in [2.75, 3.05) is 11.9 Å². The van der Waals surface area contributed by atoms with Gasteiger partial charge in [-0.2, -0.15) is 0 Å². The maximum Gasteiger partial charge on any atom is 0.255 e. The quantitative estimate of drug-likeness (QED) is 0.860. The van der Waals surface area contributed by atoms with Crippen molar-refractivity contribution in [3.05, 3.63) is 59.9 Å². The zero-order valence-corrected chi connectivity index (χ0v) is 9.84. The molecule has 0 aliphatic heterocycles. The van der Waals surface area contributed by atoms with E-state index in [1.807, 2.05) is 12.1 Å². The zero-order valence-electron chi connectivity index (χ0n) is 9.84. The minimum Gasteiger partial charge on any atom is -0.396 e. The van der Waals surface area contributed by atoms with Gasteiger partial charge in [0.1, 0.15) is 0 Å². The summed E-state index contributed by atoms with van der Waals surface area (Å²) >= 11 is 0. The maximum absolute atomic E-state index is 11.9. The summed E-state index contributed by atoms with van der Waals surface area (Å²) in [7, 11) is 0. The Hall–Kier alpha value is -2.20. The van der Waals surface area contributed by atoms with E-state index in [2.05, 4.69) is 10.3 Å². The molecule has 1 aromatic heterocycles. The van der Waals surface area contributed by atoms with Crippen LogP contribution < -0.4 is 5.32 Å². The Balaban J connectivity index is 2.05. The summed E-state index contributed by atoms with van der Waals surface area (Å²) < 4.78 is 0. The van der Waals surface area contributed by atoms with Crippen LogP contribution in [0.1, 0.15) is 15.9 Å². The molecule has 0 unspecified atom stereocenters. The fourth-order valence-electron chi connectivity index (χ4n) is 1.59. The summed E-state index contributed by atoms with van der Waals surface area (Å²) in [5.74, 6) is -0.156. The second-order valence-electron chi connectivity index (χ2n) is 3.86. The number of aliphatic hydroxyl groups excluding tert-OH is 1. The topological polar surface area (TPSA) is 62.2 Å². The van der Waals surface area contributed by atoms with Crippen molar-refractivity contribution in [1.82, 2.24) is 4.98 Å². The Labute approximate surface area is 105 Å². The fraction of sp³-hybridized carbons (Fsp3) is 0.143. The predicted molar refractivity (Wildman–Crippen MR) is 69.4 cm³/mol. The Morgan fingerprint density at radius 3 is 2.39 bits per heavy atom. The minimum absolute atomic E-state index is 0.114. The predicted octanol–water partition coefficient (Wildman–Crippen LogP) is 1.87. The summed E-state index contributed by atoms with van der Waals surface area (Å²) in [6.45, 7) is 0.114. The highest BCUT2D eigenvalue weighted by molar-refractivity contribution is 6.04. The highest BCUT2D eigenvalue weighted by atomic mass is 16.2. The average molecular weight is 242 g/mol. The number of hydrogen-bond acceptors (Lipinski definition) is 3. The molecule has 18 heavy (non-hydrogen) atoms. The van der Waals surface area contributed by atoms with E-state index >= 15 is 0 Å². The number of carbonyl (C=O) groups is 1. The van der Waals surface area contributed by atoms with Gasteiger partial charge in [0.2, 0.25) is 0 Å². The average Bonchev–Trinajstić information content (AvgIpc) is 2.41. The first-order valence-corrected chi connectivity index (χ1v) is 5.71. The van der Waals surface area contributed by atoms with Crippen molar-refractivity contribution in [3.63, 3.8) is 0 Å². The standard InChI is InChI=1S/C14H14N2O2/c17-10-7-11-1-3-12(4-2-11)14(18)16-13-5-8-15-9-6-13/h1-6,8-9,17H,7,10H2,(H,15,16,18). The van der Waals surface area contributed by atoms with Crippen molar-refractivity contribution in [1.29, 1.82) is 0 Å². The van der Waals surface area contributed by atoms with Crippen molar-refractivity contribution in [2.24, 2.45) is 0 Å². The molecule has 0 saturated carbocycles. The van der Waals surface area contributed by atoms with Crippen LogP contribution in [-0.4, -0.2) is 22.6 Å². The molecule has 1 aromatic carbocycles. The molecular weight excluding hydrogens is 228 g/mol. The molecule has 2 aromatic rings. The van der Waals surface area contributed by atoms with Gasteiger partial charge in [-0.1, -0.05) is 12.1 Å². The lowest BCUT2D eigenvalue weighted by Crippen LogP contribution is -2.11. The highest BCUT2D eigenvalue weighted by Crippen LogP contribution is 2.09. The number of hydrogen-bond donors (Lipinski definition) is 2. The molecule has 0 radical (unpaired) electrons. The van der Waals surface area contributed by atoms with E-state index in [0.29, 0.717) is 12.0 Å². The number of carbonyl (C=O) groups excluding carboxylic acids is 1. The molecule has 4 heteroatoms. The van der Waals surface area contributed by atoms with Crippen LogP contribution in [0.3, 0.4) is 0 Å². The minimum atomic E-state index is -0.156. The lowest BCUT2D eigenvalue weighted by atomic mass is 10.1. The number of benzene rings is 1. The van der Waals surface area contributed by atoms with Crippen LogP contribution in [0.5, 0.6) is 0 Å². The van der Waals surface area contributed by atoms with Crippen LogP contribution in [0.4, 0.5) is 5.69 Å². The van der Waals surface area contributed by atoms with Crippen LogP contribution in [0.25, 0.3) is 0 Å². The van der Waals surface area contributed by atoms with E-state index in [9.17, 15) is 4.79 Å². The van der Waals surface area contributed by atoms with Crippen molar-refractivity contribution in [3.8, 4) is 0 Å². The van der Waals surface area contributed by atoms with Crippen molar-refractivity contribution < 1.29 is 9.90 Å². The molecule has 0 aliphatic carbocycles. The van der Waals surface area contributed by atoms with Gasteiger partial charge in [0.15, 0.2) is 0 Å². The molecule has 0 bridgehead atoms. The van der Waals surface area contributed by atoms with Gasteiger partial charge in [-0.05, 0) is 36.2 Å². The first-order chi connectivity index (χ1) is 8.79. The number of anilines is 1. The number of rotatable bonds is 4. The van der Waals surface area contributed by atoms with E-state index in [1.54, 1.807) is 36.7 Å². The van der Waals surface area contributed by atoms with Gasteiger partial charge in [0.05, 0.1) is 0 Å². The van der Waals surface area contributed by atoms with Crippen LogP contribution in [0.15, 0.2) is 48.8 Å². The number of aromatic nitrogens is 1. The largest absolute Gasteiger partial charge is 0.396 e. The fourth-order valence-corrected chi connectivity index (χ4v) is 1.59. The number of amides is 1. The van der Waals surface area contributed by atoms with Gasteiger partial charge in [0, 0.05) is 30.3 Å². The zero-order chi connectivity index (χ0) is 12.8. The van der Waals surface area contributed by atoms with E-state index in [4.69, 9.17) is 5.11 Å². The monoisotopic (exact) mass is 242 g/mol. The number of pyridine rings is 1. The highest BCUT2D eigenvalue weighted by Gasteiger charge is 2.05. The molecule has 2 rings (SSSR count). The Morgan fingerprint density at radius 2 is 1.78 bits per heavy atom. The van der Waals surface area contributed by atoms with E-state index in [-0.39, 0.29) is 12.5 Å². The smallest absolute Gasteiger partial charge is 0.255 e. The molecule has 1 amide bonds. The Morgan fingerprint density at radius 1 is 1.11 bits per heavy atom. The van der Waals surface area contributed by atoms with E-state index < -0.39 is 0 Å². The lowest BCUT2D eigenvalue weighted by molar-refractivity contribution is 0.102. The summed E-state index contributed by atoms with van der Waals surface area (Å²) in [6, 6.07) is 10.7.